The Hall–Kier alpha value is -3.15. The van der Waals surface area contributed by atoms with Crippen molar-refractivity contribution in [2.24, 2.45) is 5.92 Å². The molecule has 29 heavy (non-hydrogen) atoms. The van der Waals surface area contributed by atoms with Crippen molar-refractivity contribution in [1.82, 2.24) is 0 Å². The summed E-state index contributed by atoms with van der Waals surface area (Å²) < 4.78 is 0. The molecule has 1 N–H and O–H groups in total. The summed E-state index contributed by atoms with van der Waals surface area (Å²) in [5, 5.41) is 2.92. The van der Waals surface area contributed by atoms with E-state index in [0.29, 0.717) is 19.5 Å². The Morgan fingerprint density at radius 3 is 2.76 bits per heavy atom. The highest BCUT2D eigenvalue weighted by Crippen LogP contribution is 2.34. The van der Waals surface area contributed by atoms with Gasteiger partial charge in [0.2, 0.25) is 17.7 Å². The van der Waals surface area contributed by atoms with Crippen LogP contribution >= 0.6 is 0 Å². The van der Waals surface area contributed by atoms with Crippen LogP contribution in [0.15, 0.2) is 42.5 Å². The van der Waals surface area contributed by atoms with E-state index < -0.39 is 0 Å². The molecule has 1 atom stereocenters. The van der Waals surface area contributed by atoms with Gasteiger partial charge in [0.1, 0.15) is 0 Å². The first kappa shape index (κ1) is 19.2. The molecule has 1 saturated heterocycles. The van der Waals surface area contributed by atoms with E-state index in [-0.39, 0.29) is 30.1 Å². The Kier molecular flexibility index (Phi) is 5.09. The van der Waals surface area contributed by atoms with Crippen LogP contribution in [0.1, 0.15) is 30.9 Å². The molecular weight excluding hydrogens is 366 g/mol. The van der Waals surface area contributed by atoms with Gasteiger partial charge in [-0.1, -0.05) is 19.1 Å². The van der Waals surface area contributed by atoms with Crippen LogP contribution in [0.2, 0.25) is 0 Å². The second-order valence-corrected chi connectivity index (χ2v) is 7.73. The molecule has 0 aliphatic carbocycles. The topological polar surface area (TPSA) is 69.7 Å². The highest BCUT2D eigenvalue weighted by atomic mass is 16.2. The zero-order valence-corrected chi connectivity index (χ0v) is 16.8. The fraction of sp³-hybridized carbons (Fsp3) is 0.348. The lowest BCUT2D eigenvalue weighted by molar-refractivity contribution is -0.122. The molecule has 2 aromatic carbocycles. The van der Waals surface area contributed by atoms with E-state index in [1.54, 1.807) is 4.90 Å². The maximum atomic E-state index is 12.7. The van der Waals surface area contributed by atoms with Crippen molar-refractivity contribution < 1.29 is 14.4 Å². The lowest BCUT2D eigenvalue weighted by Crippen LogP contribution is -2.28. The minimum Gasteiger partial charge on any atom is -0.326 e. The molecule has 4 rings (SSSR count). The van der Waals surface area contributed by atoms with Gasteiger partial charge in [-0.25, -0.2) is 0 Å². The zero-order valence-electron chi connectivity index (χ0n) is 16.8. The number of rotatable bonds is 4. The summed E-state index contributed by atoms with van der Waals surface area (Å²) in [6, 6.07) is 13.4. The quantitative estimate of drug-likeness (QED) is 0.870. The predicted molar refractivity (Wildman–Crippen MR) is 113 cm³/mol. The van der Waals surface area contributed by atoms with Crippen LogP contribution in [0.3, 0.4) is 0 Å². The molecule has 2 aromatic rings. The van der Waals surface area contributed by atoms with Gasteiger partial charge < -0.3 is 15.1 Å². The van der Waals surface area contributed by atoms with E-state index in [9.17, 15) is 14.4 Å². The number of amides is 3. The first-order valence-electron chi connectivity index (χ1n) is 10.1. The fourth-order valence-corrected chi connectivity index (χ4v) is 4.11. The van der Waals surface area contributed by atoms with E-state index in [2.05, 4.69) is 5.32 Å². The Labute approximate surface area is 170 Å². The smallest absolute Gasteiger partial charge is 0.229 e. The monoisotopic (exact) mass is 391 g/mol. The highest BCUT2D eigenvalue weighted by Gasteiger charge is 2.36. The molecule has 0 saturated carbocycles. The molecule has 6 nitrogen and oxygen atoms in total. The zero-order chi connectivity index (χ0) is 20.5. The number of nitrogens with zero attached hydrogens (tertiary/aromatic N) is 2. The molecular formula is C23H25N3O3. The Balaban J connectivity index is 1.47. The average Bonchev–Trinajstić information content (AvgIpc) is 3.30. The van der Waals surface area contributed by atoms with E-state index in [0.717, 1.165) is 34.6 Å². The number of nitrogens with one attached hydrogen (secondary N) is 1. The van der Waals surface area contributed by atoms with E-state index in [1.165, 1.54) is 0 Å². The second kappa shape index (κ2) is 7.70. The molecule has 0 aromatic heterocycles. The summed E-state index contributed by atoms with van der Waals surface area (Å²) in [7, 11) is 0. The molecule has 0 bridgehead atoms. The summed E-state index contributed by atoms with van der Waals surface area (Å²) in [6.45, 7) is 4.88. The number of hydrogen-bond acceptors (Lipinski definition) is 3. The number of aryl methyl sites for hydroxylation is 1. The number of anilines is 3. The van der Waals surface area contributed by atoms with Crippen molar-refractivity contribution in [3.63, 3.8) is 0 Å². The van der Waals surface area contributed by atoms with Gasteiger partial charge in [-0.2, -0.15) is 0 Å². The molecule has 0 unspecified atom stereocenters. The molecule has 6 heteroatoms. The third kappa shape index (κ3) is 3.75. The number of carbonyl (C=O) groups is 3. The predicted octanol–water partition coefficient (Wildman–Crippen LogP) is 3.29. The summed E-state index contributed by atoms with van der Waals surface area (Å²) in [5.74, 6) is -0.447. The van der Waals surface area contributed by atoms with Crippen LogP contribution in [0.4, 0.5) is 17.1 Å². The van der Waals surface area contributed by atoms with Crippen molar-refractivity contribution in [3.05, 3.63) is 53.6 Å². The number of hydrogen-bond donors (Lipinski definition) is 1. The number of benzene rings is 2. The lowest BCUT2D eigenvalue weighted by Gasteiger charge is -2.20. The van der Waals surface area contributed by atoms with Crippen LogP contribution in [0, 0.1) is 12.8 Å². The van der Waals surface area contributed by atoms with Crippen LogP contribution in [0.5, 0.6) is 0 Å². The second-order valence-electron chi connectivity index (χ2n) is 7.73. The van der Waals surface area contributed by atoms with Gasteiger partial charge in [0.05, 0.1) is 5.92 Å². The summed E-state index contributed by atoms with van der Waals surface area (Å²) in [6.07, 6.45) is 1.47. The normalized spacial score (nSPS) is 18.1. The molecule has 1 fully saturated rings. The minimum absolute atomic E-state index is 0.0474. The number of carbonyl (C=O) groups excluding carboxylic acids is 3. The minimum atomic E-state index is -0.380. The molecule has 2 aliphatic rings. The SMILES string of the molecule is CCC(=O)N1CCc2cc(N3C[C@@H](C(=O)Nc4cccc(C)c4)CC3=O)ccc21. The van der Waals surface area contributed by atoms with Gasteiger partial charge in [-0.15, -0.1) is 0 Å². The first-order chi connectivity index (χ1) is 14.0. The van der Waals surface area contributed by atoms with Crippen molar-refractivity contribution >= 4 is 34.8 Å². The van der Waals surface area contributed by atoms with Gasteiger partial charge in [0, 0.05) is 43.0 Å². The van der Waals surface area contributed by atoms with E-state index in [1.807, 2.05) is 61.2 Å². The van der Waals surface area contributed by atoms with Crippen LogP contribution in [0.25, 0.3) is 0 Å². The molecule has 3 amide bonds. The van der Waals surface area contributed by atoms with Gasteiger partial charge in [0.25, 0.3) is 0 Å². The summed E-state index contributed by atoms with van der Waals surface area (Å²) in [4.78, 5) is 40.8. The lowest BCUT2D eigenvalue weighted by atomic mass is 10.1. The molecule has 150 valence electrons. The van der Waals surface area contributed by atoms with Crippen LogP contribution in [-0.2, 0) is 20.8 Å². The van der Waals surface area contributed by atoms with Crippen molar-refractivity contribution in [2.75, 3.05) is 28.2 Å². The van der Waals surface area contributed by atoms with Crippen LogP contribution in [-0.4, -0.2) is 30.8 Å². The highest BCUT2D eigenvalue weighted by molar-refractivity contribution is 6.04. The van der Waals surface area contributed by atoms with Gasteiger partial charge in [-0.05, 0) is 54.8 Å². The van der Waals surface area contributed by atoms with E-state index >= 15 is 0 Å². The number of fused-ring (bicyclic) bond motifs is 1. The van der Waals surface area contributed by atoms with Crippen LogP contribution < -0.4 is 15.1 Å². The molecule has 2 aliphatic heterocycles. The summed E-state index contributed by atoms with van der Waals surface area (Å²) >= 11 is 0. The van der Waals surface area contributed by atoms with Crippen molar-refractivity contribution in [1.29, 1.82) is 0 Å². The third-order valence-electron chi connectivity index (χ3n) is 5.66. The van der Waals surface area contributed by atoms with E-state index in [4.69, 9.17) is 0 Å². The van der Waals surface area contributed by atoms with Gasteiger partial charge in [0.15, 0.2) is 0 Å². The molecule has 2 heterocycles. The van der Waals surface area contributed by atoms with Crippen molar-refractivity contribution in [2.45, 2.75) is 33.1 Å². The third-order valence-corrected chi connectivity index (χ3v) is 5.66. The van der Waals surface area contributed by atoms with Gasteiger partial charge in [-0.3, -0.25) is 14.4 Å². The Bertz CT molecular complexity index is 985. The first-order valence-corrected chi connectivity index (χ1v) is 10.1. The maximum absolute atomic E-state index is 12.7. The Morgan fingerprint density at radius 1 is 1.17 bits per heavy atom. The fourth-order valence-electron chi connectivity index (χ4n) is 4.11. The standard InChI is InChI=1S/C23H25N3O3/c1-3-21(27)25-10-9-16-12-19(7-8-20(16)25)26-14-17(13-22(26)28)23(29)24-18-6-4-5-15(2)11-18/h4-8,11-12,17H,3,9-10,13-14H2,1-2H3,(H,24,29)/t17-/m0/s1. The Morgan fingerprint density at radius 2 is 2.00 bits per heavy atom. The average molecular weight is 391 g/mol. The maximum Gasteiger partial charge on any atom is 0.229 e. The molecule has 0 radical (unpaired) electrons. The molecule has 0 spiro atoms. The summed E-state index contributed by atoms with van der Waals surface area (Å²) in [5.41, 5.74) is 4.62. The largest absolute Gasteiger partial charge is 0.326 e. The van der Waals surface area contributed by atoms with Crippen molar-refractivity contribution in [3.8, 4) is 0 Å². The van der Waals surface area contributed by atoms with Gasteiger partial charge >= 0.3 is 0 Å².